The van der Waals surface area contributed by atoms with Crippen LogP contribution in [-0.2, 0) is 25.8 Å². The fourth-order valence-corrected chi connectivity index (χ4v) is 2.37. The molecule has 0 atom stereocenters. The standard InChI is InChI=1S/C12H13F3N6/c13-12(14,15)11-19-18-10-7-20(4-5-21(10)11)6-8-2-1-3-9(16)17-8/h1-3H,4-7H2,(H2,16,17). The normalized spacial score (nSPS) is 16.0. The van der Waals surface area contributed by atoms with E-state index in [9.17, 15) is 13.2 Å². The Kier molecular flexibility index (Phi) is 3.28. The van der Waals surface area contributed by atoms with Crippen molar-refractivity contribution in [1.29, 1.82) is 0 Å². The Morgan fingerprint density at radius 1 is 1.19 bits per heavy atom. The van der Waals surface area contributed by atoms with E-state index < -0.39 is 12.0 Å². The van der Waals surface area contributed by atoms with Crippen molar-refractivity contribution in [1.82, 2.24) is 24.6 Å². The molecule has 112 valence electrons. The van der Waals surface area contributed by atoms with Crippen LogP contribution >= 0.6 is 0 Å². The number of nitrogen functional groups attached to an aromatic ring is 1. The van der Waals surface area contributed by atoms with Crippen LogP contribution in [0.4, 0.5) is 19.0 Å². The number of hydrogen-bond acceptors (Lipinski definition) is 5. The highest BCUT2D eigenvalue weighted by Crippen LogP contribution is 2.29. The number of rotatable bonds is 2. The minimum absolute atomic E-state index is 0.208. The molecule has 0 amide bonds. The zero-order valence-electron chi connectivity index (χ0n) is 11.0. The summed E-state index contributed by atoms with van der Waals surface area (Å²) in [4.78, 5) is 6.15. The van der Waals surface area contributed by atoms with E-state index in [1.807, 2.05) is 11.0 Å². The molecule has 9 heteroatoms. The third-order valence-corrected chi connectivity index (χ3v) is 3.30. The minimum atomic E-state index is -4.47. The van der Waals surface area contributed by atoms with Gasteiger partial charge in [0.05, 0.1) is 12.2 Å². The monoisotopic (exact) mass is 298 g/mol. The molecule has 6 nitrogen and oxygen atoms in total. The van der Waals surface area contributed by atoms with Gasteiger partial charge in [-0.15, -0.1) is 10.2 Å². The van der Waals surface area contributed by atoms with E-state index in [0.29, 0.717) is 31.3 Å². The summed E-state index contributed by atoms with van der Waals surface area (Å²) in [6, 6.07) is 5.31. The molecule has 0 radical (unpaired) electrons. The second kappa shape index (κ2) is 4.99. The van der Waals surface area contributed by atoms with Crippen molar-refractivity contribution in [2.75, 3.05) is 12.3 Å². The number of nitrogens with zero attached hydrogens (tertiary/aromatic N) is 5. The van der Waals surface area contributed by atoms with Gasteiger partial charge in [0.1, 0.15) is 11.6 Å². The van der Waals surface area contributed by atoms with Crippen LogP contribution in [0.5, 0.6) is 0 Å². The molecular weight excluding hydrogens is 285 g/mol. The van der Waals surface area contributed by atoms with E-state index in [1.54, 1.807) is 12.1 Å². The van der Waals surface area contributed by atoms with Crippen molar-refractivity contribution in [2.45, 2.75) is 25.8 Å². The van der Waals surface area contributed by atoms with Crippen LogP contribution in [0.2, 0.25) is 0 Å². The lowest BCUT2D eigenvalue weighted by Gasteiger charge is -2.27. The minimum Gasteiger partial charge on any atom is -0.384 e. The van der Waals surface area contributed by atoms with Crippen LogP contribution in [0.3, 0.4) is 0 Å². The molecule has 2 aromatic rings. The molecule has 1 aliphatic heterocycles. The first-order chi connectivity index (χ1) is 9.93. The van der Waals surface area contributed by atoms with Gasteiger partial charge in [-0.2, -0.15) is 13.2 Å². The predicted molar refractivity (Wildman–Crippen MR) is 67.8 cm³/mol. The largest absolute Gasteiger partial charge is 0.451 e. The van der Waals surface area contributed by atoms with E-state index in [1.165, 1.54) is 0 Å². The highest BCUT2D eigenvalue weighted by atomic mass is 19.4. The first-order valence-corrected chi connectivity index (χ1v) is 6.36. The lowest BCUT2D eigenvalue weighted by Crippen LogP contribution is -2.35. The molecule has 0 saturated carbocycles. The number of halogens is 3. The van der Waals surface area contributed by atoms with E-state index in [0.717, 1.165) is 10.3 Å². The topological polar surface area (TPSA) is 72.9 Å². The molecule has 2 aromatic heterocycles. The Bertz CT molecular complexity index is 651. The fraction of sp³-hybridized carbons (Fsp3) is 0.417. The van der Waals surface area contributed by atoms with Gasteiger partial charge in [0.2, 0.25) is 5.82 Å². The van der Waals surface area contributed by atoms with Crippen molar-refractivity contribution in [2.24, 2.45) is 0 Å². The predicted octanol–water partition coefficient (Wildman–Crippen LogP) is 1.29. The number of aromatic nitrogens is 4. The number of pyridine rings is 1. The maximum atomic E-state index is 12.7. The number of anilines is 1. The Morgan fingerprint density at radius 3 is 2.71 bits per heavy atom. The maximum Gasteiger partial charge on any atom is 0.451 e. The summed E-state index contributed by atoms with van der Waals surface area (Å²) in [7, 11) is 0. The summed E-state index contributed by atoms with van der Waals surface area (Å²) in [5.74, 6) is -0.191. The van der Waals surface area contributed by atoms with Gasteiger partial charge < -0.3 is 10.3 Å². The molecule has 2 N–H and O–H groups in total. The number of hydrogen-bond donors (Lipinski definition) is 1. The zero-order chi connectivity index (χ0) is 15.0. The lowest BCUT2D eigenvalue weighted by atomic mass is 10.3. The second-order valence-corrected chi connectivity index (χ2v) is 4.85. The fourth-order valence-electron chi connectivity index (χ4n) is 2.37. The quantitative estimate of drug-likeness (QED) is 0.904. The Balaban J connectivity index is 1.75. The molecule has 3 rings (SSSR count). The summed E-state index contributed by atoms with van der Waals surface area (Å²) in [6.07, 6.45) is -4.47. The molecule has 1 aliphatic rings. The summed E-state index contributed by atoms with van der Waals surface area (Å²) in [5, 5.41) is 6.89. The maximum absolute atomic E-state index is 12.7. The van der Waals surface area contributed by atoms with Crippen LogP contribution in [0.15, 0.2) is 18.2 Å². The average Bonchev–Trinajstić information content (AvgIpc) is 2.81. The first kappa shape index (κ1) is 13.8. The molecular formula is C12H13F3N6. The van der Waals surface area contributed by atoms with Gasteiger partial charge in [0, 0.05) is 19.6 Å². The Morgan fingerprint density at radius 2 is 2.00 bits per heavy atom. The number of fused-ring (bicyclic) bond motifs is 1. The summed E-state index contributed by atoms with van der Waals surface area (Å²) in [6.45, 7) is 1.50. The van der Waals surface area contributed by atoms with Gasteiger partial charge in [0.25, 0.3) is 0 Å². The Labute approximate surface area is 118 Å². The smallest absolute Gasteiger partial charge is 0.384 e. The van der Waals surface area contributed by atoms with Crippen LogP contribution in [0.25, 0.3) is 0 Å². The van der Waals surface area contributed by atoms with Crippen molar-refractivity contribution in [3.63, 3.8) is 0 Å². The van der Waals surface area contributed by atoms with Crippen molar-refractivity contribution in [3.05, 3.63) is 35.5 Å². The first-order valence-electron chi connectivity index (χ1n) is 6.36. The van der Waals surface area contributed by atoms with Crippen LogP contribution in [0.1, 0.15) is 17.3 Å². The van der Waals surface area contributed by atoms with Crippen LogP contribution < -0.4 is 5.73 Å². The highest BCUT2D eigenvalue weighted by molar-refractivity contribution is 5.28. The van der Waals surface area contributed by atoms with Crippen molar-refractivity contribution >= 4 is 5.82 Å². The van der Waals surface area contributed by atoms with E-state index in [4.69, 9.17) is 5.73 Å². The molecule has 0 aliphatic carbocycles. The zero-order valence-corrected chi connectivity index (χ0v) is 11.0. The molecule has 21 heavy (non-hydrogen) atoms. The molecule has 0 aromatic carbocycles. The van der Waals surface area contributed by atoms with Gasteiger partial charge in [-0.1, -0.05) is 6.07 Å². The van der Waals surface area contributed by atoms with Gasteiger partial charge in [-0.05, 0) is 12.1 Å². The highest BCUT2D eigenvalue weighted by Gasteiger charge is 2.39. The number of alkyl halides is 3. The lowest BCUT2D eigenvalue weighted by molar-refractivity contribution is -0.148. The molecule has 0 bridgehead atoms. The molecule has 0 spiro atoms. The molecule has 0 saturated heterocycles. The third-order valence-electron chi connectivity index (χ3n) is 3.30. The van der Waals surface area contributed by atoms with Crippen LogP contribution in [-0.4, -0.2) is 31.2 Å². The van der Waals surface area contributed by atoms with Crippen molar-refractivity contribution < 1.29 is 13.2 Å². The molecule has 0 unspecified atom stereocenters. The average molecular weight is 298 g/mol. The Hall–Kier alpha value is -2.16. The summed E-state index contributed by atoms with van der Waals surface area (Å²) < 4.78 is 39.3. The van der Waals surface area contributed by atoms with Gasteiger partial charge in [0.15, 0.2) is 0 Å². The summed E-state index contributed by atoms with van der Waals surface area (Å²) in [5.41, 5.74) is 6.39. The van der Waals surface area contributed by atoms with Crippen molar-refractivity contribution in [3.8, 4) is 0 Å². The number of nitrogens with two attached hydrogens (primary N) is 1. The van der Waals surface area contributed by atoms with E-state index >= 15 is 0 Å². The van der Waals surface area contributed by atoms with E-state index in [2.05, 4.69) is 15.2 Å². The molecule has 0 fully saturated rings. The van der Waals surface area contributed by atoms with Gasteiger partial charge >= 0.3 is 6.18 Å². The molecule has 3 heterocycles. The third kappa shape index (κ3) is 2.82. The van der Waals surface area contributed by atoms with Gasteiger partial charge in [-0.3, -0.25) is 4.90 Å². The van der Waals surface area contributed by atoms with E-state index in [-0.39, 0.29) is 6.54 Å². The van der Waals surface area contributed by atoms with Gasteiger partial charge in [-0.25, -0.2) is 4.98 Å². The SMILES string of the molecule is Nc1cccc(CN2CCn3c(nnc3C(F)(F)F)C2)n1. The second-order valence-electron chi connectivity index (χ2n) is 4.85. The summed E-state index contributed by atoms with van der Waals surface area (Å²) >= 11 is 0. The van der Waals surface area contributed by atoms with Crippen LogP contribution in [0, 0.1) is 0 Å².